The zero-order chi connectivity index (χ0) is 9.68. The van der Waals surface area contributed by atoms with Crippen molar-refractivity contribution in [2.24, 2.45) is 5.73 Å². The average Bonchev–Trinajstić information content (AvgIpc) is 2.55. The van der Waals surface area contributed by atoms with Crippen LogP contribution in [-0.2, 0) is 9.53 Å². The van der Waals surface area contributed by atoms with Crippen molar-refractivity contribution in [1.82, 2.24) is 0 Å². The Morgan fingerprint density at radius 1 is 1.77 bits per heavy atom. The van der Waals surface area contributed by atoms with E-state index in [1.807, 2.05) is 17.5 Å². The van der Waals surface area contributed by atoms with E-state index in [0.29, 0.717) is 6.61 Å². The second-order valence-corrected chi connectivity index (χ2v) is 3.61. The van der Waals surface area contributed by atoms with Gasteiger partial charge in [-0.2, -0.15) is 0 Å². The molecule has 0 aliphatic rings. The van der Waals surface area contributed by atoms with Crippen LogP contribution < -0.4 is 5.73 Å². The first-order valence-electron chi connectivity index (χ1n) is 4.18. The molecule has 0 fully saturated rings. The summed E-state index contributed by atoms with van der Waals surface area (Å²) < 4.78 is 4.80. The molecule has 0 aromatic carbocycles. The first kappa shape index (κ1) is 10.2. The summed E-state index contributed by atoms with van der Waals surface area (Å²) in [5, 5.41) is 1.94. The van der Waals surface area contributed by atoms with Crippen molar-refractivity contribution in [3.8, 4) is 0 Å². The van der Waals surface area contributed by atoms with Gasteiger partial charge < -0.3 is 10.5 Å². The van der Waals surface area contributed by atoms with Crippen molar-refractivity contribution in [2.75, 3.05) is 6.61 Å². The van der Waals surface area contributed by atoms with Gasteiger partial charge in [-0.3, -0.25) is 4.79 Å². The lowest BCUT2D eigenvalue weighted by molar-refractivity contribution is -0.143. The molecule has 0 bridgehead atoms. The van der Waals surface area contributed by atoms with Gasteiger partial charge in [0, 0.05) is 10.9 Å². The van der Waals surface area contributed by atoms with E-state index in [-0.39, 0.29) is 18.4 Å². The van der Waals surface area contributed by atoms with E-state index in [9.17, 15) is 4.79 Å². The lowest BCUT2D eigenvalue weighted by Gasteiger charge is -2.07. The van der Waals surface area contributed by atoms with Crippen molar-refractivity contribution in [3.63, 3.8) is 0 Å². The molecule has 0 aliphatic carbocycles. The first-order chi connectivity index (χ1) is 6.24. The summed E-state index contributed by atoms with van der Waals surface area (Å²) in [6.45, 7) is 2.20. The molecule has 2 N–H and O–H groups in total. The molecule has 0 radical (unpaired) electrons. The number of thiophene rings is 1. The van der Waals surface area contributed by atoms with E-state index in [0.717, 1.165) is 4.88 Å². The Hall–Kier alpha value is -0.870. The fourth-order valence-corrected chi connectivity index (χ4v) is 1.73. The van der Waals surface area contributed by atoms with Crippen LogP contribution in [0.25, 0.3) is 0 Å². The molecule has 1 rings (SSSR count). The van der Waals surface area contributed by atoms with Gasteiger partial charge in [-0.05, 0) is 18.4 Å². The van der Waals surface area contributed by atoms with Crippen molar-refractivity contribution in [3.05, 3.63) is 22.4 Å². The monoisotopic (exact) mass is 199 g/mol. The van der Waals surface area contributed by atoms with Crippen LogP contribution in [0.3, 0.4) is 0 Å². The summed E-state index contributed by atoms with van der Waals surface area (Å²) in [6.07, 6.45) is 0.258. The van der Waals surface area contributed by atoms with Gasteiger partial charge in [-0.15, -0.1) is 11.3 Å². The smallest absolute Gasteiger partial charge is 0.307 e. The van der Waals surface area contributed by atoms with Crippen LogP contribution in [0, 0.1) is 0 Å². The Morgan fingerprint density at radius 2 is 2.54 bits per heavy atom. The molecule has 72 valence electrons. The molecule has 3 nitrogen and oxygen atoms in total. The van der Waals surface area contributed by atoms with E-state index < -0.39 is 0 Å². The number of hydrogen-bond donors (Lipinski definition) is 1. The molecule has 1 aromatic heterocycles. The van der Waals surface area contributed by atoms with Gasteiger partial charge in [0.1, 0.15) is 0 Å². The highest BCUT2D eigenvalue weighted by Crippen LogP contribution is 2.19. The topological polar surface area (TPSA) is 52.3 Å². The summed E-state index contributed by atoms with van der Waals surface area (Å²) >= 11 is 1.56. The van der Waals surface area contributed by atoms with Gasteiger partial charge in [0.25, 0.3) is 0 Å². The van der Waals surface area contributed by atoms with Crippen LogP contribution in [0.15, 0.2) is 17.5 Å². The third kappa shape index (κ3) is 3.16. The molecule has 13 heavy (non-hydrogen) atoms. The third-order valence-electron chi connectivity index (χ3n) is 1.60. The molecule has 1 heterocycles. The van der Waals surface area contributed by atoms with E-state index in [4.69, 9.17) is 10.5 Å². The summed E-state index contributed by atoms with van der Waals surface area (Å²) in [5.41, 5.74) is 5.78. The highest BCUT2D eigenvalue weighted by Gasteiger charge is 2.12. The number of esters is 1. The second-order valence-electron chi connectivity index (χ2n) is 2.63. The Morgan fingerprint density at radius 3 is 3.08 bits per heavy atom. The van der Waals surface area contributed by atoms with Crippen molar-refractivity contribution >= 4 is 17.3 Å². The number of ether oxygens (including phenoxy) is 1. The maximum Gasteiger partial charge on any atom is 0.307 e. The lowest BCUT2D eigenvalue weighted by atomic mass is 10.2. The molecule has 1 aromatic rings. The first-order valence-corrected chi connectivity index (χ1v) is 5.06. The average molecular weight is 199 g/mol. The molecule has 4 heteroatoms. The summed E-state index contributed by atoms with van der Waals surface area (Å²) in [7, 11) is 0. The predicted molar refractivity (Wildman–Crippen MR) is 52.5 cm³/mol. The van der Waals surface area contributed by atoms with E-state index in [1.165, 1.54) is 0 Å². The van der Waals surface area contributed by atoms with Crippen LogP contribution in [0.2, 0.25) is 0 Å². The quantitative estimate of drug-likeness (QED) is 0.751. The van der Waals surface area contributed by atoms with E-state index in [2.05, 4.69) is 0 Å². The van der Waals surface area contributed by atoms with E-state index in [1.54, 1.807) is 18.3 Å². The van der Waals surface area contributed by atoms with Crippen LogP contribution in [0.1, 0.15) is 24.3 Å². The molecule has 0 amide bonds. The maximum absolute atomic E-state index is 11.1. The zero-order valence-corrected chi connectivity index (χ0v) is 8.34. The normalized spacial score (nSPS) is 12.5. The Bertz CT molecular complexity index is 259. The van der Waals surface area contributed by atoms with Crippen LogP contribution in [0.4, 0.5) is 0 Å². The van der Waals surface area contributed by atoms with Crippen molar-refractivity contribution in [1.29, 1.82) is 0 Å². The standard InChI is InChI=1S/C9H13NO2S/c1-2-12-9(11)6-7(10)8-4-3-5-13-8/h3-5,7H,2,6,10H2,1H3/t7-/m1/s1. The number of nitrogens with two attached hydrogens (primary N) is 1. The fraction of sp³-hybridized carbons (Fsp3) is 0.444. The highest BCUT2D eigenvalue weighted by molar-refractivity contribution is 7.10. The molecule has 0 saturated heterocycles. The number of carbonyl (C=O) groups excluding carboxylic acids is 1. The fourth-order valence-electron chi connectivity index (χ4n) is 1.00. The number of hydrogen-bond acceptors (Lipinski definition) is 4. The Labute approximate surface area is 81.5 Å². The van der Waals surface area contributed by atoms with Gasteiger partial charge in [0.2, 0.25) is 0 Å². The molecule has 0 spiro atoms. The van der Waals surface area contributed by atoms with E-state index >= 15 is 0 Å². The van der Waals surface area contributed by atoms with Crippen molar-refractivity contribution < 1.29 is 9.53 Å². The third-order valence-corrected chi connectivity index (χ3v) is 2.60. The predicted octanol–water partition coefficient (Wildman–Crippen LogP) is 1.70. The second kappa shape index (κ2) is 4.99. The molecule has 0 aliphatic heterocycles. The molecule has 1 atom stereocenters. The SMILES string of the molecule is CCOC(=O)C[C@@H](N)c1cccs1. The van der Waals surface area contributed by atoms with Crippen molar-refractivity contribution in [2.45, 2.75) is 19.4 Å². The minimum atomic E-state index is -0.233. The molecule has 0 unspecified atom stereocenters. The van der Waals surface area contributed by atoms with Gasteiger partial charge in [0.05, 0.1) is 13.0 Å². The Kier molecular flexibility index (Phi) is 3.92. The highest BCUT2D eigenvalue weighted by atomic mass is 32.1. The maximum atomic E-state index is 11.1. The van der Waals surface area contributed by atoms with Crippen LogP contribution >= 0.6 is 11.3 Å². The number of carbonyl (C=O) groups is 1. The molecular formula is C9H13NO2S. The summed E-state index contributed by atoms with van der Waals surface area (Å²) in [6, 6.07) is 3.62. The van der Waals surface area contributed by atoms with Gasteiger partial charge >= 0.3 is 5.97 Å². The van der Waals surface area contributed by atoms with Gasteiger partial charge in [-0.1, -0.05) is 6.07 Å². The Balaban J connectivity index is 2.42. The summed E-state index contributed by atoms with van der Waals surface area (Å²) in [4.78, 5) is 12.1. The van der Waals surface area contributed by atoms with Crippen LogP contribution in [-0.4, -0.2) is 12.6 Å². The van der Waals surface area contributed by atoms with Gasteiger partial charge in [-0.25, -0.2) is 0 Å². The lowest BCUT2D eigenvalue weighted by Crippen LogP contribution is -2.16. The minimum Gasteiger partial charge on any atom is -0.466 e. The summed E-state index contributed by atoms with van der Waals surface area (Å²) in [5.74, 6) is -0.233. The molecule has 0 saturated carbocycles. The molecular weight excluding hydrogens is 186 g/mol. The van der Waals surface area contributed by atoms with Gasteiger partial charge in [0.15, 0.2) is 0 Å². The largest absolute Gasteiger partial charge is 0.466 e. The minimum absolute atomic E-state index is 0.223. The van der Waals surface area contributed by atoms with Crippen LogP contribution in [0.5, 0.6) is 0 Å². The number of rotatable bonds is 4. The zero-order valence-electron chi connectivity index (χ0n) is 7.53.